The molecule has 0 spiro atoms. The van der Waals surface area contributed by atoms with Gasteiger partial charge in [0, 0.05) is 30.1 Å². The summed E-state index contributed by atoms with van der Waals surface area (Å²) in [6, 6.07) is 2.69. The molecule has 0 aromatic carbocycles. The Bertz CT molecular complexity index is 457. The van der Waals surface area contributed by atoms with E-state index in [-0.39, 0.29) is 11.5 Å². The van der Waals surface area contributed by atoms with Crippen molar-refractivity contribution in [3.8, 4) is 0 Å². The fraction of sp³-hybridized carbons (Fsp3) is 0.750. The van der Waals surface area contributed by atoms with Crippen LogP contribution in [-0.4, -0.2) is 22.4 Å². The number of fused-ring (bicyclic) bond motifs is 1. The summed E-state index contributed by atoms with van der Waals surface area (Å²) in [5, 5.41) is 10.3. The van der Waals surface area contributed by atoms with Crippen LogP contribution < -0.4 is 0 Å². The maximum atomic E-state index is 10.3. The molecule has 0 radical (unpaired) electrons. The Labute approximate surface area is 115 Å². The van der Waals surface area contributed by atoms with E-state index in [0.29, 0.717) is 12.1 Å². The van der Waals surface area contributed by atoms with Gasteiger partial charge in [0.15, 0.2) is 0 Å². The van der Waals surface area contributed by atoms with Crippen LogP contribution in [-0.2, 0) is 11.2 Å². The average Bonchev–Trinajstić information content (AvgIpc) is 2.64. The molecule has 0 aliphatic heterocycles. The highest BCUT2D eigenvalue weighted by atomic mass is 16.5. The van der Waals surface area contributed by atoms with Crippen molar-refractivity contribution in [1.29, 1.82) is 0 Å². The molecule has 2 aliphatic carbocycles. The van der Waals surface area contributed by atoms with Crippen molar-refractivity contribution in [2.24, 2.45) is 5.41 Å². The molecule has 0 saturated heterocycles. The number of rotatable bonds is 3. The van der Waals surface area contributed by atoms with Gasteiger partial charge >= 0.3 is 0 Å². The smallest absolute Gasteiger partial charge is 0.0812 e. The molecule has 0 amide bonds. The van der Waals surface area contributed by atoms with Crippen molar-refractivity contribution < 1.29 is 9.84 Å². The molecule has 1 aromatic rings. The largest absolute Gasteiger partial charge is 0.388 e. The number of aromatic nitrogens is 1. The molecule has 1 unspecified atom stereocenters. The molecule has 19 heavy (non-hydrogen) atoms. The second-order valence-corrected chi connectivity index (χ2v) is 6.89. The molecule has 1 fully saturated rings. The highest BCUT2D eigenvalue weighted by Gasteiger charge is 2.37. The van der Waals surface area contributed by atoms with Gasteiger partial charge in [-0.3, -0.25) is 0 Å². The monoisotopic (exact) mass is 263 g/mol. The van der Waals surface area contributed by atoms with Gasteiger partial charge in [0.25, 0.3) is 0 Å². The molecule has 3 rings (SSSR count). The number of hydrogen-bond acceptors (Lipinski definition) is 2. The summed E-state index contributed by atoms with van der Waals surface area (Å²) in [5.74, 6) is 0. The lowest BCUT2D eigenvalue weighted by atomic mass is 9.75. The van der Waals surface area contributed by atoms with Gasteiger partial charge < -0.3 is 14.4 Å². The van der Waals surface area contributed by atoms with E-state index in [1.807, 2.05) is 0 Å². The van der Waals surface area contributed by atoms with Crippen LogP contribution in [0.1, 0.15) is 63.4 Å². The number of aliphatic hydroxyl groups is 1. The van der Waals surface area contributed by atoms with Crippen molar-refractivity contribution in [3.05, 3.63) is 23.5 Å². The second kappa shape index (κ2) is 4.64. The zero-order valence-corrected chi connectivity index (χ0v) is 12.2. The predicted octanol–water partition coefficient (Wildman–Crippen LogP) is 3.23. The molecule has 1 heterocycles. The lowest BCUT2D eigenvalue weighted by molar-refractivity contribution is -0.0209. The Kier molecular flexibility index (Phi) is 3.22. The van der Waals surface area contributed by atoms with Gasteiger partial charge in [0.1, 0.15) is 0 Å². The maximum Gasteiger partial charge on any atom is 0.0812 e. The molecule has 1 saturated carbocycles. The van der Waals surface area contributed by atoms with E-state index >= 15 is 0 Å². The Morgan fingerprint density at radius 2 is 2.16 bits per heavy atom. The molecule has 1 aromatic heterocycles. The van der Waals surface area contributed by atoms with Gasteiger partial charge in [-0.1, -0.05) is 13.8 Å². The van der Waals surface area contributed by atoms with Gasteiger partial charge in [-0.2, -0.15) is 0 Å². The van der Waals surface area contributed by atoms with E-state index in [4.69, 9.17) is 4.74 Å². The lowest BCUT2D eigenvalue weighted by Gasteiger charge is -2.40. The maximum absolute atomic E-state index is 10.3. The van der Waals surface area contributed by atoms with Crippen LogP contribution >= 0.6 is 0 Å². The molecule has 3 heteroatoms. The zero-order chi connectivity index (χ0) is 13.6. The van der Waals surface area contributed by atoms with Crippen LogP contribution in [0.15, 0.2) is 12.3 Å². The molecule has 1 atom stereocenters. The summed E-state index contributed by atoms with van der Waals surface area (Å²) in [6.07, 6.45) is 6.50. The summed E-state index contributed by atoms with van der Waals surface area (Å²) in [4.78, 5) is 0. The normalized spacial score (nSPS) is 32.7. The van der Waals surface area contributed by atoms with E-state index in [2.05, 4.69) is 37.6 Å². The third-order valence-corrected chi connectivity index (χ3v) is 4.68. The standard InChI is InChI=1S/C16H25NO2/c1-4-19-12-7-11(8-12)17-6-5-13-14(17)9-16(2,3)10-15(13)18/h5-6,11-12,15,18H,4,7-10H2,1-3H3. The van der Waals surface area contributed by atoms with Crippen molar-refractivity contribution in [1.82, 2.24) is 4.57 Å². The average molecular weight is 263 g/mol. The number of aliphatic hydroxyl groups excluding tert-OH is 1. The predicted molar refractivity (Wildman–Crippen MR) is 75.2 cm³/mol. The fourth-order valence-corrected chi connectivity index (χ4v) is 3.63. The summed E-state index contributed by atoms with van der Waals surface area (Å²) in [7, 11) is 0. The first-order chi connectivity index (χ1) is 9.00. The Balaban J connectivity index is 1.79. The third-order valence-electron chi connectivity index (χ3n) is 4.68. The number of nitrogens with zero attached hydrogens (tertiary/aromatic N) is 1. The van der Waals surface area contributed by atoms with Crippen LogP contribution in [0.4, 0.5) is 0 Å². The minimum atomic E-state index is -0.289. The molecule has 1 N–H and O–H groups in total. The van der Waals surface area contributed by atoms with Crippen LogP contribution in [0, 0.1) is 5.41 Å². The third kappa shape index (κ3) is 2.34. The summed E-state index contributed by atoms with van der Waals surface area (Å²) < 4.78 is 8.05. The van der Waals surface area contributed by atoms with Crippen LogP contribution in [0.25, 0.3) is 0 Å². The van der Waals surface area contributed by atoms with Crippen molar-refractivity contribution in [2.75, 3.05) is 6.61 Å². The quantitative estimate of drug-likeness (QED) is 0.908. The lowest BCUT2D eigenvalue weighted by Crippen LogP contribution is -2.35. The first-order valence-electron chi connectivity index (χ1n) is 7.49. The number of ether oxygens (including phenoxy) is 1. The molecule has 2 aliphatic rings. The summed E-state index contributed by atoms with van der Waals surface area (Å²) in [5.41, 5.74) is 2.70. The van der Waals surface area contributed by atoms with E-state index in [1.54, 1.807) is 0 Å². The molecular weight excluding hydrogens is 238 g/mol. The first kappa shape index (κ1) is 13.2. The van der Waals surface area contributed by atoms with Gasteiger partial charge in [-0.05, 0) is 44.1 Å². The van der Waals surface area contributed by atoms with Gasteiger partial charge in [-0.15, -0.1) is 0 Å². The topological polar surface area (TPSA) is 34.4 Å². The van der Waals surface area contributed by atoms with Crippen molar-refractivity contribution >= 4 is 0 Å². The van der Waals surface area contributed by atoms with E-state index < -0.39 is 0 Å². The van der Waals surface area contributed by atoms with E-state index in [0.717, 1.165) is 37.9 Å². The molecule has 0 bridgehead atoms. The SMILES string of the molecule is CCOC1CC(n2ccc3c2CC(C)(C)CC3O)C1. The highest BCUT2D eigenvalue weighted by Crippen LogP contribution is 2.44. The van der Waals surface area contributed by atoms with Gasteiger partial charge in [0.05, 0.1) is 12.2 Å². The van der Waals surface area contributed by atoms with Crippen LogP contribution in [0.3, 0.4) is 0 Å². The van der Waals surface area contributed by atoms with Crippen molar-refractivity contribution in [2.45, 2.75) is 64.7 Å². The first-order valence-corrected chi connectivity index (χ1v) is 7.49. The van der Waals surface area contributed by atoms with Gasteiger partial charge in [0.2, 0.25) is 0 Å². The second-order valence-electron chi connectivity index (χ2n) is 6.89. The van der Waals surface area contributed by atoms with Gasteiger partial charge in [-0.25, -0.2) is 0 Å². The molecule has 3 nitrogen and oxygen atoms in total. The van der Waals surface area contributed by atoms with Crippen LogP contribution in [0.5, 0.6) is 0 Å². The minimum absolute atomic E-state index is 0.200. The van der Waals surface area contributed by atoms with Crippen molar-refractivity contribution in [3.63, 3.8) is 0 Å². The fourth-order valence-electron chi connectivity index (χ4n) is 3.63. The van der Waals surface area contributed by atoms with Crippen LogP contribution in [0.2, 0.25) is 0 Å². The molecular formula is C16H25NO2. The minimum Gasteiger partial charge on any atom is -0.388 e. The molecule has 106 valence electrons. The summed E-state index contributed by atoms with van der Waals surface area (Å²) >= 11 is 0. The number of hydrogen-bond donors (Lipinski definition) is 1. The zero-order valence-electron chi connectivity index (χ0n) is 12.2. The Morgan fingerprint density at radius 1 is 1.42 bits per heavy atom. The van der Waals surface area contributed by atoms with E-state index in [9.17, 15) is 5.11 Å². The van der Waals surface area contributed by atoms with E-state index in [1.165, 1.54) is 5.69 Å². The Hall–Kier alpha value is -0.800. The summed E-state index contributed by atoms with van der Waals surface area (Å²) in [6.45, 7) is 7.37. The Morgan fingerprint density at radius 3 is 2.84 bits per heavy atom. The highest BCUT2D eigenvalue weighted by molar-refractivity contribution is 5.30.